The number of rotatable bonds is 3. The average molecular weight is 276 g/mol. The van der Waals surface area contributed by atoms with Crippen molar-refractivity contribution in [2.24, 2.45) is 0 Å². The number of furan rings is 1. The van der Waals surface area contributed by atoms with Crippen molar-refractivity contribution >= 4 is 11.6 Å². The van der Waals surface area contributed by atoms with Crippen LogP contribution in [0.25, 0.3) is 5.69 Å². The fourth-order valence-electron chi connectivity index (χ4n) is 1.86. The van der Waals surface area contributed by atoms with Crippen molar-refractivity contribution in [2.45, 2.75) is 6.10 Å². The van der Waals surface area contributed by atoms with Crippen LogP contribution in [-0.2, 0) is 0 Å². The molecule has 2 heterocycles. The first-order valence-corrected chi connectivity index (χ1v) is 6.02. The Morgan fingerprint density at radius 2 is 2.00 bits per heavy atom. The molecule has 2 aromatic heterocycles. The largest absolute Gasteiger partial charge is 0.453 e. The predicted molar refractivity (Wildman–Crippen MR) is 69.1 cm³/mol. The lowest BCUT2D eigenvalue weighted by atomic mass is 10.1. The normalized spacial score (nSPS) is 12.5. The molecular formula is C13H10ClN3O2. The van der Waals surface area contributed by atoms with Gasteiger partial charge in [-0.05, 0) is 29.8 Å². The van der Waals surface area contributed by atoms with E-state index < -0.39 is 6.10 Å². The highest BCUT2D eigenvalue weighted by molar-refractivity contribution is 6.29. The lowest BCUT2D eigenvalue weighted by Gasteiger charge is -2.11. The third-order valence-corrected chi connectivity index (χ3v) is 3.10. The first kappa shape index (κ1) is 12.0. The number of aromatic nitrogens is 3. The molecule has 1 atom stereocenters. The van der Waals surface area contributed by atoms with E-state index in [9.17, 15) is 5.11 Å². The fourth-order valence-corrected chi connectivity index (χ4v) is 2.08. The Bertz CT molecular complexity index is 678. The molecule has 0 aliphatic heterocycles. The van der Waals surface area contributed by atoms with Gasteiger partial charge in [-0.3, -0.25) is 0 Å². The number of hydrogen-bond donors (Lipinski definition) is 1. The summed E-state index contributed by atoms with van der Waals surface area (Å²) in [5.74, 6) is 0. The van der Waals surface area contributed by atoms with E-state index in [1.807, 2.05) is 30.3 Å². The van der Waals surface area contributed by atoms with Gasteiger partial charge >= 0.3 is 0 Å². The minimum absolute atomic E-state index is 0.160. The fraction of sp³-hybridized carbons (Fsp3) is 0.0769. The number of aliphatic hydroxyl groups is 1. The monoisotopic (exact) mass is 275 g/mol. The Kier molecular flexibility index (Phi) is 3.06. The zero-order valence-electron chi connectivity index (χ0n) is 9.77. The number of hydrogen-bond acceptors (Lipinski definition) is 4. The number of para-hydroxylation sites is 1. The van der Waals surface area contributed by atoms with Crippen LogP contribution in [0.3, 0.4) is 0 Å². The van der Waals surface area contributed by atoms with Gasteiger partial charge in [0.2, 0.25) is 0 Å². The minimum Gasteiger partial charge on any atom is -0.453 e. The zero-order chi connectivity index (χ0) is 13.2. The van der Waals surface area contributed by atoms with Crippen LogP contribution in [0.4, 0.5) is 0 Å². The van der Waals surface area contributed by atoms with Gasteiger partial charge in [-0.2, -0.15) is 0 Å². The van der Waals surface area contributed by atoms with Crippen LogP contribution < -0.4 is 0 Å². The molecule has 1 unspecified atom stereocenters. The molecule has 0 saturated carbocycles. The maximum atomic E-state index is 10.3. The van der Waals surface area contributed by atoms with E-state index >= 15 is 0 Å². The second-order valence-electron chi connectivity index (χ2n) is 3.96. The van der Waals surface area contributed by atoms with Crippen LogP contribution in [0.2, 0.25) is 5.22 Å². The van der Waals surface area contributed by atoms with Crippen molar-refractivity contribution in [2.75, 3.05) is 0 Å². The first-order chi connectivity index (χ1) is 9.27. The molecule has 19 heavy (non-hydrogen) atoms. The van der Waals surface area contributed by atoms with Gasteiger partial charge in [0.15, 0.2) is 5.22 Å². The van der Waals surface area contributed by atoms with Crippen LogP contribution in [0.1, 0.15) is 17.4 Å². The van der Waals surface area contributed by atoms with E-state index in [4.69, 9.17) is 16.0 Å². The van der Waals surface area contributed by atoms with Crippen LogP contribution in [-0.4, -0.2) is 20.1 Å². The Labute approximate surface area is 114 Å². The minimum atomic E-state index is -0.943. The third-order valence-electron chi connectivity index (χ3n) is 2.80. The van der Waals surface area contributed by atoms with Gasteiger partial charge < -0.3 is 9.52 Å². The van der Waals surface area contributed by atoms with E-state index in [2.05, 4.69) is 10.3 Å². The van der Waals surface area contributed by atoms with E-state index in [0.717, 1.165) is 5.69 Å². The zero-order valence-corrected chi connectivity index (χ0v) is 10.5. The number of halogens is 1. The van der Waals surface area contributed by atoms with E-state index in [0.29, 0.717) is 11.3 Å². The van der Waals surface area contributed by atoms with E-state index in [1.165, 1.54) is 12.5 Å². The van der Waals surface area contributed by atoms with Gasteiger partial charge in [0.1, 0.15) is 6.10 Å². The summed E-state index contributed by atoms with van der Waals surface area (Å²) in [4.78, 5) is 0. The summed E-state index contributed by atoms with van der Waals surface area (Å²) in [5.41, 5.74) is 1.82. The number of benzene rings is 1. The maximum absolute atomic E-state index is 10.3. The summed E-state index contributed by atoms with van der Waals surface area (Å²) in [6, 6.07) is 11.1. The summed E-state index contributed by atoms with van der Waals surface area (Å²) < 4.78 is 6.55. The molecule has 0 aliphatic rings. The van der Waals surface area contributed by atoms with Crippen molar-refractivity contribution in [1.82, 2.24) is 15.0 Å². The lowest BCUT2D eigenvalue weighted by Crippen LogP contribution is -2.08. The summed E-state index contributed by atoms with van der Waals surface area (Å²) in [6.07, 6.45) is 1.99. The van der Waals surface area contributed by atoms with Crippen molar-refractivity contribution in [3.8, 4) is 5.69 Å². The molecule has 0 amide bonds. The molecule has 0 aliphatic carbocycles. The van der Waals surface area contributed by atoms with Crippen LogP contribution in [0.5, 0.6) is 0 Å². The molecule has 96 valence electrons. The Hall–Kier alpha value is -2.11. The lowest BCUT2D eigenvalue weighted by molar-refractivity contribution is 0.211. The Balaban J connectivity index is 2.04. The maximum Gasteiger partial charge on any atom is 0.199 e. The molecule has 6 heteroatoms. The highest BCUT2D eigenvalue weighted by Gasteiger charge is 2.21. The molecule has 3 aromatic rings. The summed E-state index contributed by atoms with van der Waals surface area (Å²) in [6.45, 7) is 0. The van der Waals surface area contributed by atoms with Crippen LogP contribution in [0.15, 0.2) is 53.3 Å². The van der Waals surface area contributed by atoms with E-state index in [-0.39, 0.29) is 5.22 Å². The number of aliphatic hydroxyl groups excluding tert-OH is 1. The molecular weight excluding hydrogens is 266 g/mol. The SMILES string of the molecule is OC(c1ccoc1Cl)c1cnnn1-c1ccccc1. The highest BCUT2D eigenvalue weighted by Crippen LogP contribution is 2.29. The molecule has 3 rings (SSSR count). The molecule has 1 aromatic carbocycles. The van der Waals surface area contributed by atoms with Gasteiger partial charge in [-0.1, -0.05) is 23.4 Å². The molecule has 1 N–H and O–H groups in total. The highest BCUT2D eigenvalue weighted by atomic mass is 35.5. The first-order valence-electron chi connectivity index (χ1n) is 5.64. The molecule has 0 saturated heterocycles. The smallest absolute Gasteiger partial charge is 0.199 e. The standard InChI is InChI=1S/C13H10ClN3O2/c14-13-10(6-7-19-13)12(18)11-8-15-16-17(11)9-4-2-1-3-5-9/h1-8,12,18H. The second kappa shape index (κ2) is 4.87. The van der Waals surface area contributed by atoms with Crippen molar-refractivity contribution in [3.05, 3.63) is 65.3 Å². The quantitative estimate of drug-likeness (QED) is 0.798. The van der Waals surface area contributed by atoms with Crippen LogP contribution in [0, 0.1) is 0 Å². The van der Waals surface area contributed by atoms with E-state index in [1.54, 1.807) is 10.7 Å². The molecule has 0 radical (unpaired) electrons. The topological polar surface area (TPSA) is 64.1 Å². The second-order valence-corrected chi connectivity index (χ2v) is 4.30. The summed E-state index contributed by atoms with van der Waals surface area (Å²) >= 11 is 5.87. The summed E-state index contributed by atoms with van der Waals surface area (Å²) in [7, 11) is 0. The Morgan fingerprint density at radius 3 is 2.68 bits per heavy atom. The van der Waals surface area contributed by atoms with Crippen molar-refractivity contribution < 1.29 is 9.52 Å². The number of nitrogens with zero attached hydrogens (tertiary/aromatic N) is 3. The predicted octanol–water partition coefficient (Wildman–Crippen LogP) is 2.60. The molecule has 0 fully saturated rings. The van der Waals surface area contributed by atoms with Gasteiger partial charge in [-0.15, -0.1) is 5.10 Å². The van der Waals surface area contributed by atoms with Crippen molar-refractivity contribution in [3.63, 3.8) is 0 Å². The third kappa shape index (κ3) is 2.14. The summed E-state index contributed by atoms with van der Waals surface area (Å²) in [5, 5.41) is 18.3. The van der Waals surface area contributed by atoms with Gasteiger partial charge in [0.25, 0.3) is 0 Å². The molecule has 0 spiro atoms. The average Bonchev–Trinajstić information content (AvgIpc) is 3.07. The van der Waals surface area contributed by atoms with Crippen LogP contribution >= 0.6 is 11.6 Å². The molecule has 0 bridgehead atoms. The van der Waals surface area contributed by atoms with Gasteiger partial charge in [0, 0.05) is 5.56 Å². The Morgan fingerprint density at radius 1 is 1.21 bits per heavy atom. The van der Waals surface area contributed by atoms with Gasteiger partial charge in [-0.25, -0.2) is 4.68 Å². The van der Waals surface area contributed by atoms with Gasteiger partial charge in [0.05, 0.1) is 23.8 Å². The van der Waals surface area contributed by atoms with Crippen molar-refractivity contribution in [1.29, 1.82) is 0 Å². The molecule has 5 nitrogen and oxygen atoms in total.